The van der Waals surface area contributed by atoms with Gasteiger partial charge in [-0.1, -0.05) is 44.8 Å². The molecule has 1 rings (SSSR count). The molecule has 1 N–H and O–H groups in total. The Bertz CT molecular complexity index is 156. The van der Waals surface area contributed by atoms with Crippen molar-refractivity contribution in [1.82, 2.24) is 5.32 Å². The second-order valence-electron chi connectivity index (χ2n) is 3.76. The number of hydrogen-bond acceptors (Lipinski definition) is 2. The maximum absolute atomic E-state index is 3.85. The molecule has 1 heterocycles. The minimum atomic E-state index is 0.958. The van der Waals surface area contributed by atoms with Gasteiger partial charge < -0.3 is 5.32 Å². The summed E-state index contributed by atoms with van der Waals surface area (Å²) in [6, 6.07) is 0. The monoisotopic (exact) mass is 210 g/mol. The first-order chi connectivity index (χ1) is 7.41. The van der Waals surface area contributed by atoms with Gasteiger partial charge in [-0.05, 0) is 19.8 Å². The van der Waals surface area contributed by atoms with Crippen LogP contribution in [0.3, 0.4) is 0 Å². The van der Waals surface area contributed by atoms with Crippen LogP contribution < -0.4 is 5.32 Å². The van der Waals surface area contributed by atoms with Crippen LogP contribution in [0, 0.1) is 0 Å². The predicted molar refractivity (Wildman–Crippen MR) is 69.6 cm³/mol. The van der Waals surface area contributed by atoms with Crippen LogP contribution in [0.5, 0.6) is 0 Å². The Morgan fingerprint density at radius 2 is 2.07 bits per heavy atom. The highest BCUT2D eigenvalue weighted by molar-refractivity contribution is 5.56. The van der Waals surface area contributed by atoms with Gasteiger partial charge in [0, 0.05) is 6.54 Å². The van der Waals surface area contributed by atoms with Crippen molar-refractivity contribution in [3.8, 4) is 0 Å². The quantitative estimate of drug-likeness (QED) is 0.526. The zero-order chi connectivity index (χ0) is 11.2. The zero-order valence-corrected chi connectivity index (χ0v) is 10.3. The lowest BCUT2D eigenvalue weighted by Crippen LogP contribution is -2.04. The highest BCUT2D eigenvalue weighted by Crippen LogP contribution is 2.04. The van der Waals surface area contributed by atoms with Gasteiger partial charge >= 0.3 is 0 Å². The molecular formula is C13H26N2. The first-order valence-electron chi connectivity index (χ1n) is 6.24. The summed E-state index contributed by atoms with van der Waals surface area (Å²) in [6.45, 7) is 6.33. The summed E-state index contributed by atoms with van der Waals surface area (Å²) < 4.78 is 0. The molecule has 0 atom stereocenters. The molecule has 0 fully saturated rings. The second-order valence-corrected chi connectivity index (χ2v) is 3.76. The van der Waals surface area contributed by atoms with Crippen molar-refractivity contribution >= 4 is 6.34 Å². The summed E-state index contributed by atoms with van der Waals surface area (Å²) in [5.41, 5.74) is 0. The zero-order valence-electron chi connectivity index (χ0n) is 10.3. The van der Waals surface area contributed by atoms with Crippen molar-refractivity contribution in [3.05, 3.63) is 12.2 Å². The van der Waals surface area contributed by atoms with Crippen LogP contribution in [0.25, 0.3) is 0 Å². The standard InChI is InChI=1S/C10H20.C3H6N2/c1-3-5-7-9-10-8-6-4-2;1-2-5-3-4-1/h3,5H,4,6-10H2,1-2H3;3H,1-2H2,(H,4,5). The second kappa shape index (κ2) is 13.2. The molecule has 0 unspecified atom stereocenters. The molecule has 0 spiro atoms. The average molecular weight is 210 g/mol. The topological polar surface area (TPSA) is 24.4 Å². The van der Waals surface area contributed by atoms with Crippen molar-refractivity contribution in [2.45, 2.75) is 52.4 Å². The smallest absolute Gasteiger partial charge is 0.0825 e. The predicted octanol–water partition coefficient (Wildman–Crippen LogP) is 3.54. The molecule has 1 aliphatic heterocycles. The van der Waals surface area contributed by atoms with E-state index in [4.69, 9.17) is 0 Å². The third-order valence-electron chi connectivity index (χ3n) is 2.28. The van der Waals surface area contributed by atoms with E-state index in [2.05, 4.69) is 36.3 Å². The van der Waals surface area contributed by atoms with Gasteiger partial charge in [0.05, 0.1) is 12.9 Å². The van der Waals surface area contributed by atoms with Crippen LogP contribution in [0.2, 0.25) is 0 Å². The van der Waals surface area contributed by atoms with E-state index in [0.29, 0.717) is 0 Å². The van der Waals surface area contributed by atoms with Crippen LogP contribution >= 0.6 is 0 Å². The van der Waals surface area contributed by atoms with Crippen LogP contribution in [0.4, 0.5) is 0 Å². The third kappa shape index (κ3) is 13.2. The van der Waals surface area contributed by atoms with Gasteiger partial charge in [-0.25, -0.2) is 0 Å². The first kappa shape index (κ1) is 14.2. The molecule has 0 aromatic carbocycles. The Morgan fingerprint density at radius 3 is 2.53 bits per heavy atom. The summed E-state index contributed by atoms with van der Waals surface area (Å²) in [6.07, 6.45) is 14.4. The first-order valence-corrected chi connectivity index (χ1v) is 6.24. The van der Waals surface area contributed by atoms with Crippen molar-refractivity contribution in [3.63, 3.8) is 0 Å². The van der Waals surface area contributed by atoms with Crippen LogP contribution in [-0.4, -0.2) is 19.4 Å². The molecule has 0 bridgehead atoms. The number of hydrogen-bond donors (Lipinski definition) is 1. The Labute approximate surface area is 94.9 Å². The number of aliphatic imine (C=N–C) groups is 1. The molecule has 0 aromatic rings. The lowest BCUT2D eigenvalue weighted by atomic mass is 10.1. The van der Waals surface area contributed by atoms with Gasteiger partial charge in [-0.3, -0.25) is 4.99 Å². The van der Waals surface area contributed by atoms with Crippen molar-refractivity contribution in [2.75, 3.05) is 13.1 Å². The normalized spacial score (nSPS) is 13.7. The number of nitrogens with zero attached hydrogens (tertiary/aromatic N) is 1. The van der Waals surface area contributed by atoms with E-state index in [1.165, 1.54) is 38.5 Å². The molecule has 2 heteroatoms. The van der Waals surface area contributed by atoms with Gasteiger partial charge in [0.1, 0.15) is 0 Å². The minimum absolute atomic E-state index is 0.958. The lowest BCUT2D eigenvalue weighted by molar-refractivity contribution is 0.637. The van der Waals surface area contributed by atoms with Crippen LogP contribution in [0.1, 0.15) is 52.4 Å². The Kier molecular flexibility index (Phi) is 12.5. The van der Waals surface area contributed by atoms with Gasteiger partial charge in [0.2, 0.25) is 0 Å². The molecule has 0 saturated heterocycles. The van der Waals surface area contributed by atoms with Gasteiger partial charge in [-0.2, -0.15) is 0 Å². The summed E-state index contributed by atoms with van der Waals surface area (Å²) in [7, 11) is 0. The number of unbranched alkanes of at least 4 members (excludes halogenated alkanes) is 5. The number of rotatable bonds is 6. The van der Waals surface area contributed by atoms with E-state index in [1.807, 2.05) is 0 Å². The van der Waals surface area contributed by atoms with Crippen molar-refractivity contribution in [1.29, 1.82) is 0 Å². The van der Waals surface area contributed by atoms with Gasteiger partial charge in [-0.15, -0.1) is 0 Å². The van der Waals surface area contributed by atoms with E-state index in [1.54, 1.807) is 6.34 Å². The largest absolute Gasteiger partial charge is 0.375 e. The number of allylic oxidation sites excluding steroid dienone is 2. The molecule has 0 amide bonds. The molecule has 0 saturated carbocycles. The molecule has 2 nitrogen and oxygen atoms in total. The minimum Gasteiger partial charge on any atom is -0.375 e. The van der Waals surface area contributed by atoms with Gasteiger partial charge in [0.15, 0.2) is 0 Å². The summed E-state index contributed by atoms with van der Waals surface area (Å²) in [4.78, 5) is 3.85. The Hall–Kier alpha value is -0.790. The van der Waals surface area contributed by atoms with E-state index in [0.717, 1.165) is 13.1 Å². The highest BCUT2D eigenvalue weighted by atomic mass is 15.0. The molecule has 1 aliphatic rings. The average Bonchev–Trinajstić information content (AvgIpc) is 2.82. The number of nitrogens with one attached hydrogen (secondary N) is 1. The summed E-state index contributed by atoms with van der Waals surface area (Å²) in [5.74, 6) is 0. The highest BCUT2D eigenvalue weighted by Gasteiger charge is 1.85. The third-order valence-corrected chi connectivity index (χ3v) is 2.28. The van der Waals surface area contributed by atoms with E-state index >= 15 is 0 Å². The lowest BCUT2D eigenvalue weighted by Gasteiger charge is -1.95. The summed E-state index contributed by atoms with van der Waals surface area (Å²) in [5, 5.41) is 2.93. The maximum Gasteiger partial charge on any atom is 0.0825 e. The fraction of sp³-hybridized carbons (Fsp3) is 0.769. The molecule has 15 heavy (non-hydrogen) atoms. The van der Waals surface area contributed by atoms with Crippen LogP contribution in [0.15, 0.2) is 17.1 Å². The van der Waals surface area contributed by atoms with Crippen molar-refractivity contribution in [2.24, 2.45) is 4.99 Å². The van der Waals surface area contributed by atoms with E-state index in [9.17, 15) is 0 Å². The van der Waals surface area contributed by atoms with E-state index in [-0.39, 0.29) is 0 Å². The Balaban J connectivity index is 0.000000322. The molecular weight excluding hydrogens is 184 g/mol. The van der Waals surface area contributed by atoms with Crippen molar-refractivity contribution < 1.29 is 0 Å². The fourth-order valence-electron chi connectivity index (χ4n) is 1.36. The van der Waals surface area contributed by atoms with Gasteiger partial charge in [0.25, 0.3) is 0 Å². The SMILES string of the molecule is C1=NCCN1.CC=CCCCCCCC. The van der Waals surface area contributed by atoms with Crippen LogP contribution in [-0.2, 0) is 0 Å². The molecule has 0 aromatic heterocycles. The summed E-state index contributed by atoms with van der Waals surface area (Å²) >= 11 is 0. The maximum atomic E-state index is 3.85. The molecule has 0 radical (unpaired) electrons. The Morgan fingerprint density at radius 1 is 1.27 bits per heavy atom. The fourth-order valence-corrected chi connectivity index (χ4v) is 1.36. The molecule has 88 valence electrons. The van der Waals surface area contributed by atoms with E-state index < -0.39 is 0 Å². The molecule has 0 aliphatic carbocycles.